The van der Waals surface area contributed by atoms with Crippen LogP contribution in [0.15, 0.2) is 47.4 Å². The number of piperidine rings is 1. The fourth-order valence-electron chi connectivity index (χ4n) is 4.43. The zero-order chi connectivity index (χ0) is 26.7. The quantitative estimate of drug-likeness (QED) is 0.308. The fourth-order valence-corrected chi connectivity index (χ4v) is 4.69. The van der Waals surface area contributed by atoms with Crippen molar-refractivity contribution >= 4 is 39.4 Å². The minimum atomic E-state index is -5.08. The summed E-state index contributed by atoms with van der Waals surface area (Å²) in [7, 11) is 0. The summed E-state index contributed by atoms with van der Waals surface area (Å²) in [6.45, 7) is 2.87. The maximum Gasteiger partial charge on any atom is 0.490 e. The van der Waals surface area contributed by atoms with Crippen molar-refractivity contribution < 1.29 is 27.5 Å². The van der Waals surface area contributed by atoms with E-state index in [1.54, 1.807) is 6.07 Å². The molecule has 37 heavy (non-hydrogen) atoms. The van der Waals surface area contributed by atoms with Crippen molar-refractivity contribution in [3.05, 3.63) is 75.2 Å². The molecule has 1 saturated heterocycles. The lowest BCUT2D eigenvalue weighted by atomic mass is 9.95. The van der Waals surface area contributed by atoms with Gasteiger partial charge in [-0.15, -0.1) is 0 Å². The van der Waals surface area contributed by atoms with E-state index in [0.717, 1.165) is 55.6 Å². The molecule has 12 heteroatoms. The molecule has 0 aliphatic carbocycles. The molecule has 0 spiro atoms. The largest absolute Gasteiger partial charge is 0.490 e. The molecular weight excluding hydrogens is 516 g/mol. The third-order valence-corrected chi connectivity index (χ3v) is 6.66. The van der Waals surface area contributed by atoms with Gasteiger partial charge in [0, 0.05) is 29.6 Å². The van der Waals surface area contributed by atoms with Gasteiger partial charge >= 0.3 is 12.1 Å². The van der Waals surface area contributed by atoms with Crippen LogP contribution in [0.1, 0.15) is 30.1 Å². The normalized spacial score (nSPS) is 15.1. The molecule has 1 fully saturated rings. The number of aromatic nitrogens is 3. The van der Waals surface area contributed by atoms with Crippen LogP contribution in [0.25, 0.3) is 21.8 Å². The Labute approximate surface area is 213 Å². The van der Waals surface area contributed by atoms with Crippen molar-refractivity contribution in [2.24, 2.45) is 0 Å². The first kappa shape index (κ1) is 26.6. The molecule has 3 N–H and O–H groups in total. The maximum atomic E-state index is 13.4. The SMILES string of the molecule is O=C(O)C(F)(F)F.O=c1[nH]c(C2CCN(CCc3c[nH]c4cc(F)ccc34)CC2)nc2cccc(Cl)c12. The molecule has 3 heterocycles. The van der Waals surface area contributed by atoms with E-state index >= 15 is 0 Å². The first-order chi connectivity index (χ1) is 17.5. The van der Waals surface area contributed by atoms with Gasteiger partial charge in [-0.1, -0.05) is 17.7 Å². The summed E-state index contributed by atoms with van der Waals surface area (Å²) in [5.74, 6) is -1.98. The molecular formula is C25H23ClF4N4O3. The highest BCUT2D eigenvalue weighted by Gasteiger charge is 2.38. The van der Waals surface area contributed by atoms with Gasteiger partial charge in [-0.05, 0) is 68.2 Å². The second-order valence-corrected chi connectivity index (χ2v) is 9.16. The lowest BCUT2D eigenvalue weighted by molar-refractivity contribution is -0.192. The molecule has 0 unspecified atom stereocenters. The van der Waals surface area contributed by atoms with Crippen molar-refractivity contribution in [1.29, 1.82) is 0 Å². The van der Waals surface area contributed by atoms with E-state index in [9.17, 15) is 22.4 Å². The first-order valence-corrected chi connectivity index (χ1v) is 11.9. The Bertz CT molecular complexity index is 1480. The molecule has 2 aromatic carbocycles. The number of hydrogen-bond donors (Lipinski definition) is 3. The summed E-state index contributed by atoms with van der Waals surface area (Å²) in [5, 5.41) is 9.10. The monoisotopic (exact) mass is 538 g/mol. The summed E-state index contributed by atoms with van der Waals surface area (Å²) in [6.07, 6.45) is -0.284. The van der Waals surface area contributed by atoms with Crippen LogP contribution < -0.4 is 5.56 Å². The predicted molar refractivity (Wildman–Crippen MR) is 131 cm³/mol. The number of rotatable bonds is 4. The van der Waals surface area contributed by atoms with Crippen LogP contribution in [0.4, 0.5) is 17.6 Å². The van der Waals surface area contributed by atoms with Crippen LogP contribution in [-0.4, -0.2) is 56.7 Å². The van der Waals surface area contributed by atoms with Crippen molar-refractivity contribution in [2.75, 3.05) is 19.6 Å². The van der Waals surface area contributed by atoms with Crippen molar-refractivity contribution in [2.45, 2.75) is 31.4 Å². The number of halogens is 5. The van der Waals surface area contributed by atoms with E-state index in [2.05, 4.69) is 19.9 Å². The Hall–Kier alpha value is -3.44. The molecule has 196 valence electrons. The van der Waals surface area contributed by atoms with E-state index in [1.807, 2.05) is 24.4 Å². The zero-order valence-corrected chi connectivity index (χ0v) is 20.2. The summed E-state index contributed by atoms with van der Waals surface area (Å²) in [4.78, 5) is 34.6. The number of aromatic amines is 2. The summed E-state index contributed by atoms with van der Waals surface area (Å²) in [5.41, 5.74) is 2.54. The van der Waals surface area contributed by atoms with Crippen molar-refractivity contribution in [1.82, 2.24) is 19.9 Å². The van der Waals surface area contributed by atoms with E-state index < -0.39 is 12.1 Å². The molecule has 2 aromatic heterocycles. The molecule has 0 radical (unpaired) electrons. The van der Waals surface area contributed by atoms with Gasteiger partial charge in [0.15, 0.2) is 0 Å². The van der Waals surface area contributed by atoms with E-state index in [4.69, 9.17) is 21.5 Å². The van der Waals surface area contributed by atoms with E-state index in [-0.39, 0.29) is 17.3 Å². The summed E-state index contributed by atoms with van der Waals surface area (Å²) >= 11 is 6.15. The third-order valence-electron chi connectivity index (χ3n) is 6.34. The predicted octanol–water partition coefficient (Wildman–Crippen LogP) is 5.25. The topological polar surface area (TPSA) is 102 Å². The first-order valence-electron chi connectivity index (χ1n) is 11.5. The molecule has 4 aromatic rings. The highest BCUT2D eigenvalue weighted by atomic mass is 35.5. The average molecular weight is 539 g/mol. The third kappa shape index (κ3) is 6.28. The number of nitrogens with one attached hydrogen (secondary N) is 2. The standard InChI is InChI=1S/C23H22ClFN4O.C2HF3O2/c24-18-2-1-3-19-21(18)23(30)28-22(27-19)14-6-9-29(10-7-14)11-8-15-13-26-20-12-16(25)4-5-17(15)20;3-2(4,5)1(6)7/h1-5,12-14,26H,6-11H2,(H,27,28,30);(H,6,7). The Morgan fingerprint density at radius 2 is 1.89 bits per heavy atom. The molecule has 1 aliphatic rings. The van der Waals surface area contributed by atoms with Gasteiger partial charge in [0.25, 0.3) is 5.56 Å². The number of likely N-dealkylation sites (tertiary alicyclic amines) is 1. The number of fused-ring (bicyclic) bond motifs is 2. The lowest BCUT2D eigenvalue weighted by Gasteiger charge is -2.31. The maximum absolute atomic E-state index is 13.4. The number of hydrogen-bond acceptors (Lipinski definition) is 4. The number of nitrogens with zero attached hydrogens (tertiary/aromatic N) is 2. The Morgan fingerprint density at radius 1 is 1.19 bits per heavy atom. The van der Waals surface area contributed by atoms with Gasteiger partial charge in [-0.3, -0.25) is 4.79 Å². The molecule has 1 aliphatic heterocycles. The van der Waals surface area contributed by atoms with E-state index in [0.29, 0.717) is 15.9 Å². The lowest BCUT2D eigenvalue weighted by Crippen LogP contribution is -2.35. The van der Waals surface area contributed by atoms with Crippen LogP contribution in [0.2, 0.25) is 5.02 Å². The van der Waals surface area contributed by atoms with Gasteiger partial charge in [-0.2, -0.15) is 13.2 Å². The Morgan fingerprint density at radius 3 is 2.57 bits per heavy atom. The second kappa shape index (κ2) is 10.9. The fraction of sp³-hybridized carbons (Fsp3) is 0.320. The van der Waals surface area contributed by atoms with E-state index in [1.165, 1.54) is 17.7 Å². The average Bonchev–Trinajstić information content (AvgIpc) is 3.24. The zero-order valence-electron chi connectivity index (χ0n) is 19.4. The smallest absolute Gasteiger partial charge is 0.475 e. The highest BCUT2D eigenvalue weighted by Crippen LogP contribution is 2.27. The summed E-state index contributed by atoms with van der Waals surface area (Å²) in [6, 6.07) is 10.3. The van der Waals surface area contributed by atoms with Gasteiger partial charge in [0.05, 0.1) is 15.9 Å². The van der Waals surface area contributed by atoms with Gasteiger partial charge in [-0.25, -0.2) is 14.2 Å². The van der Waals surface area contributed by atoms with Crippen molar-refractivity contribution in [3.8, 4) is 0 Å². The second-order valence-electron chi connectivity index (χ2n) is 8.76. The number of carbonyl (C=O) groups is 1. The number of benzene rings is 2. The van der Waals surface area contributed by atoms with Crippen LogP contribution in [0, 0.1) is 5.82 Å². The highest BCUT2D eigenvalue weighted by molar-refractivity contribution is 6.35. The molecule has 5 rings (SSSR count). The molecule has 0 atom stereocenters. The van der Waals surface area contributed by atoms with Crippen LogP contribution in [0.5, 0.6) is 0 Å². The minimum absolute atomic E-state index is 0.168. The van der Waals surface area contributed by atoms with Crippen molar-refractivity contribution in [3.63, 3.8) is 0 Å². The van der Waals surface area contributed by atoms with Crippen LogP contribution >= 0.6 is 11.6 Å². The minimum Gasteiger partial charge on any atom is -0.475 e. The number of carboxylic acid groups (broad SMARTS) is 1. The van der Waals surface area contributed by atoms with Gasteiger partial charge in [0.1, 0.15) is 11.6 Å². The molecule has 0 saturated carbocycles. The van der Waals surface area contributed by atoms with Crippen LogP contribution in [0.3, 0.4) is 0 Å². The number of alkyl halides is 3. The molecule has 0 bridgehead atoms. The van der Waals surface area contributed by atoms with Gasteiger partial charge < -0.3 is 20.0 Å². The van der Waals surface area contributed by atoms with Crippen LogP contribution in [-0.2, 0) is 11.2 Å². The molecule has 0 amide bonds. The Balaban J connectivity index is 0.000000405. The number of aliphatic carboxylic acids is 1. The number of H-pyrrole nitrogens is 2. The number of carboxylic acids is 1. The summed E-state index contributed by atoms with van der Waals surface area (Å²) < 4.78 is 45.1. The Kier molecular flexibility index (Phi) is 7.84. The van der Waals surface area contributed by atoms with Gasteiger partial charge in [0.2, 0.25) is 0 Å². The molecule has 7 nitrogen and oxygen atoms in total.